The van der Waals surface area contributed by atoms with E-state index in [0.29, 0.717) is 22.4 Å². The van der Waals surface area contributed by atoms with Crippen molar-refractivity contribution in [2.45, 2.75) is 50.8 Å². The number of hydrogen-bond acceptors (Lipinski definition) is 7. The maximum Gasteiger partial charge on any atom is 0.404 e. The highest BCUT2D eigenvalue weighted by molar-refractivity contribution is 7.89. The van der Waals surface area contributed by atoms with Gasteiger partial charge in [0.2, 0.25) is 10.0 Å². The van der Waals surface area contributed by atoms with Gasteiger partial charge in [0.25, 0.3) is 0 Å². The number of phenolic OH excluding ortho intramolecular Hbond substituents is 1. The Bertz CT molecular complexity index is 1480. The van der Waals surface area contributed by atoms with Crippen LogP contribution in [0.25, 0.3) is 0 Å². The van der Waals surface area contributed by atoms with E-state index in [9.17, 15) is 28.5 Å². The number of carbonyl (C=O) groups is 1. The Hall–Kier alpha value is -4.11. The number of aliphatic hydroxyl groups excluding tert-OH is 1. The zero-order chi connectivity index (χ0) is 30.2. The molecule has 1 unspecified atom stereocenters. The highest BCUT2D eigenvalue weighted by Gasteiger charge is 2.31. The van der Waals surface area contributed by atoms with Crippen LogP contribution >= 0.6 is 0 Å². The van der Waals surface area contributed by atoms with E-state index < -0.39 is 28.3 Å². The van der Waals surface area contributed by atoms with Gasteiger partial charge in [0.15, 0.2) is 0 Å². The van der Waals surface area contributed by atoms with Gasteiger partial charge in [-0.3, -0.25) is 0 Å². The van der Waals surface area contributed by atoms with Gasteiger partial charge in [-0.25, -0.2) is 13.2 Å². The first kappa shape index (κ1) is 31.4. The maximum atomic E-state index is 13.5. The van der Waals surface area contributed by atoms with E-state index in [1.165, 1.54) is 18.2 Å². The van der Waals surface area contributed by atoms with E-state index in [1.54, 1.807) is 49.4 Å². The molecule has 0 aliphatic carbocycles. The summed E-state index contributed by atoms with van der Waals surface area (Å²) in [4.78, 5) is 11.5. The molecule has 1 amide bonds. The van der Waals surface area contributed by atoms with Gasteiger partial charge in [-0.1, -0.05) is 38.1 Å². The lowest BCUT2D eigenvalue weighted by Gasteiger charge is -2.30. The third-order valence-corrected chi connectivity index (χ3v) is 8.21. The monoisotopic (exact) mass is 581 g/mol. The number of amides is 1. The summed E-state index contributed by atoms with van der Waals surface area (Å²) in [5, 5.41) is 41.7. The number of hydrogen-bond donors (Lipinski definition) is 4. The predicted molar refractivity (Wildman–Crippen MR) is 153 cm³/mol. The van der Waals surface area contributed by atoms with Crippen molar-refractivity contribution in [1.82, 2.24) is 9.62 Å². The summed E-state index contributed by atoms with van der Waals surface area (Å²) >= 11 is 0. The zero-order valence-electron chi connectivity index (χ0n) is 23.2. The lowest BCUT2D eigenvalue weighted by molar-refractivity contribution is 0.0980. The van der Waals surface area contributed by atoms with Crippen molar-refractivity contribution >= 4 is 16.1 Å². The number of aryl methyl sites for hydroxylation is 1. The molecule has 0 aliphatic rings. The van der Waals surface area contributed by atoms with Crippen LogP contribution in [0.4, 0.5) is 4.79 Å². The molecule has 41 heavy (non-hydrogen) atoms. The average molecular weight is 582 g/mol. The summed E-state index contributed by atoms with van der Waals surface area (Å²) in [5.74, 6) is 0.462. The van der Waals surface area contributed by atoms with Crippen molar-refractivity contribution in [3.8, 4) is 17.6 Å². The minimum absolute atomic E-state index is 0.0293. The predicted octanol–water partition coefficient (Wildman–Crippen LogP) is 4.04. The molecule has 0 fully saturated rings. The number of carboxylic acid groups (broad SMARTS) is 1. The number of aliphatic hydroxyl groups is 1. The van der Waals surface area contributed by atoms with E-state index in [0.717, 1.165) is 9.87 Å². The largest absolute Gasteiger partial charge is 0.508 e. The van der Waals surface area contributed by atoms with E-state index >= 15 is 0 Å². The fourth-order valence-electron chi connectivity index (χ4n) is 4.27. The highest BCUT2D eigenvalue weighted by Crippen LogP contribution is 2.24. The molecule has 0 bridgehead atoms. The maximum absolute atomic E-state index is 13.5. The molecule has 0 spiro atoms. The molecule has 218 valence electrons. The van der Waals surface area contributed by atoms with Crippen molar-refractivity contribution in [3.05, 3.63) is 89.0 Å². The molecule has 10 nitrogen and oxygen atoms in total. The topological polar surface area (TPSA) is 160 Å². The lowest BCUT2D eigenvalue weighted by Crippen LogP contribution is -2.50. The SMILES string of the molecule is Cc1cc(S(=O)(=O)N(CC(C)C)C[C@@H](O)C(Cc2ccc(OCc3cccc(C#N)c3)cc2)NC(=O)O)ccc1O. The number of phenols is 1. The molecule has 3 aromatic rings. The van der Waals surface area contributed by atoms with Gasteiger partial charge in [0.1, 0.15) is 18.1 Å². The van der Waals surface area contributed by atoms with Gasteiger partial charge >= 0.3 is 6.09 Å². The fraction of sp³-hybridized carbons (Fsp3) is 0.333. The summed E-state index contributed by atoms with van der Waals surface area (Å²) in [6.07, 6.45) is -2.60. The van der Waals surface area contributed by atoms with Crippen molar-refractivity contribution < 1.29 is 33.3 Å². The van der Waals surface area contributed by atoms with E-state index in [1.807, 2.05) is 19.9 Å². The number of benzene rings is 3. The van der Waals surface area contributed by atoms with Gasteiger partial charge in [0.05, 0.1) is 28.7 Å². The van der Waals surface area contributed by atoms with Crippen LogP contribution in [0.5, 0.6) is 11.5 Å². The Morgan fingerprint density at radius 2 is 1.76 bits per heavy atom. The molecule has 3 aromatic carbocycles. The molecule has 3 rings (SSSR count). The third-order valence-electron chi connectivity index (χ3n) is 6.38. The van der Waals surface area contributed by atoms with Crippen LogP contribution in [0.1, 0.15) is 36.1 Å². The first-order valence-corrected chi connectivity index (χ1v) is 14.5. The van der Waals surface area contributed by atoms with Gasteiger partial charge in [-0.05, 0) is 78.4 Å². The number of ether oxygens (including phenoxy) is 1. The Kier molecular flexibility index (Phi) is 10.7. The second-order valence-electron chi connectivity index (χ2n) is 10.2. The van der Waals surface area contributed by atoms with Gasteiger partial charge in [-0.15, -0.1) is 0 Å². The Labute approximate surface area is 240 Å². The number of nitrogens with zero attached hydrogens (tertiary/aromatic N) is 2. The molecule has 11 heteroatoms. The summed E-state index contributed by atoms with van der Waals surface area (Å²) in [7, 11) is -4.05. The first-order valence-electron chi connectivity index (χ1n) is 13.1. The molecule has 4 N–H and O–H groups in total. The number of sulfonamides is 1. The number of nitriles is 1. The van der Waals surface area contributed by atoms with Crippen LogP contribution in [0.15, 0.2) is 71.6 Å². The Morgan fingerprint density at radius 3 is 2.37 bits per heavy atom. The summed E-state index contributed by atoms with van der Waals surface area (Å²) in [5.41, 5.74) is 2.47. The fourth-order valence-corrected chi connectivity index (χ4v) is 5.97. The lowest BCUT2D eigenvalue weighted by atomic mass is 10.0. The standard InChI is InChI=1S/C30H35N3O7S/c1-20(2)17-33(41(38,39)26-11-12-28(34)21(3)13-26)18-29(35)27(32-30(36)37)15-22-7-9-25(10-8-22)40-19-24-6-4-5-23(14-24)16-31/h4-14,20,27,29,32,34-35H,15,17-19H2,1-3H3,(H,36,37)/t27?,29-/m1/s1. The van der Waals surface area contributed by atoms with Gasteiger partial charge < -0.3 is 25.4 Å². The molecule has 0 radical (unpaired) electrons. The molecule has 0 heterocycles. The summed E-state index contributed by atoms with van der Waals surface area (Å²) in [6, 6.07) is 19.1. The molecule has 0 saturated carbocycles. The smallest absolute Gasteiger partial charge is 0.404 e. The Morgan fingerprint density at radius 1 is 1.05 bits per heavy atom. The molecule has 0 aliphatic heterocycles. The zero-order valence-corrected chi connectivity index (χ0v) is 24.0. The van der Waals surface area contributed by atoms with E-state index in [4.69, 9.17) is 10.00 Å². The van der Waals surface area contributed by atoms with Crippen LogP contribution < -0.4 is 10.1 Å². The number of aromatic hydroxyl groups is 1. The average Bonchev–Trinajstić information content (AvgIpc) is 2.93. The van der Waals surface area contributed by atoms with Gasteiger partial charge in [-0.2, -0.15) is 9.57 Å². The second-order valence-corrected chi connectivity index (χ2v) is 12.2. The van der Waals surface area contributed by atoms with Crippen LogP contribution in [0.2, 0.25) is 0 Å². The molecule has 2 atom stereocenters. The second kappa shape index (κ2) is 14.0. The Balaban J connectivity index is 1.74. The van der Waals surface area contributed by atoms with E-state index in [-0.39, 0.29) is 42.7 Å². The van der Waals surface area contributed by atoms with Gasteiger partial charge in [0, 0.05) is 13.1 Å². The van der Waals surface area contributed by atoms with Crippen molar-refractivity contribution in [2.75, 3.05) is 13.1 Å². The van der Waals surface area contributed by atoms with Crippen molar-refractivity contribution in [2.24, 2.45) is 5.92 Å². The van der Waals surface area contributed by atoms with E-state index in [2.05, 4.69) is 11.4 Å². The van der Waals surface area contributed by atoms with Crippen molar-refractivity contribution in [1.29, 1.82) is 5.26 Å². The molecular weight excluding hydrogens is 546 g/mol. The quantitative estimate of drug-likeness (QED) is 0.235. The highest BCUT2D eigenvalue weighted by atomic mass is 32.2. The van der Waals surface area contributed by atoms with Crippen LogP contribution in [0.3, 0.4) is 0 Å². The van der Waals surface area contributed by atoms with Crippen LogP contribution in [-0.2, 0) is 23.1 Å². The van der Waals surface area contributed by atoms with Crippen LogP contribution in [-0.4, -0.2) is 59.4 Å². The summed E-state index contributed by atoms with van der Waals surface area (Å²) < 4.78 is 33.9. The molecular formula is C30H35N3O7S. The minimum atomic E-state index is -4.05. The molecule has 0 aromatic heterocycles. The number of nitrogens with one attached hydrogen (secondary N) is 1. The minimum Gasteiger partial charge on any atom is -0.508 e. The normalized spacial score (nSPS) is 13.0. The number of rotatable bonds is 13. The van der Waals surface area contributed by atoms with Crippen LogP contribution in [0, 0.1) is 24.2 Å². The van der Waals surface area contributed by atoms with Crippen molar-refractivity contribution in [3.63, 3.8) is 0 Å². The third kappa shape index (κ3) is 8.94. The first-order chi connectivity index (χ1) is 19.4. The summed E-state index contributed by atoms with van der Waals surface area (Å²) in [6.45, 7) is 5.29. The molecule has 0 saturated heterocycles.